The molecule has 2 aliphatic carbocycles. The van der Waals surface area contributed by atoms with Crippen molar-refractivity contribution >= 4 is 5.91 Å². The fraction of sp³-hybridized carbons (Fsp3) is 0.682. The molecule has 2 saturated carbocycles. The molecule has 5 rings (SSSR count). The van der Waals surface area contributed by atoms with Crippen LogP contribution in [0, 0.1) is 19.3 Å². The van der Waals surface area contributed by atoms with Crippen LogP contribution in [0.3, 0.4) is 0 Å². The second kappa shape index (κ2) is 6.97. The molecule has 1 amide bonds. The lowest BCUT2D eigenvalue weighted by Gasteiger charge is -2.42. The van der Waals surface area contributed by atoms with Gasteiger partial charge in [0.2, 0.25) is 0 Å². The molecule has 2 aromatic heterocycles. The molecule has 3 aliphatic rings. The first-order chi connectivity index (χ1) is 14.0. The van der Waals surface area contributed by atoms with E-state index in [1.807, 2.05) is 19.3 Å². The molecule has 1 unspecified atom stereocenters. The summed E-state index contributed by atoms with van der Waals surface area (Å²) in [5, 5.41) is 8.76. The van der Waals surface area contributed by atoms with Gasteiger partial charge in [-0.05, 0) is 51.0 Å². The van der Waals surface area contributed by atoms with Gasteiger partial charge in [0, 0.05) is 50.1 Å². The van der Waals surface area contributed by atoms with Crippen molar-refractivity contribution in [3.05, 3.63) is 35.2 Å². The van der Waals surface area contributed by atoms with Crippen LogP contribution in [0.25, 0.3) is 0 Å². The Morgan fingerprint density at radius 1 is 1.31 bits per heavy atom. The largest absolute Gasteiger partial charge is 0.383 e. The second-order valence-electron chi connectivity index (χ2n) is 9.21. The van der Waals surface area contributed by atoms with E-state index in [4.69, 9.17) is 4.74 Å². The molecule has 0 bridgehead atoms. The summed E-state index contributed by atoms with van der Waals surface area (Å²) in [6, 6.07) is 2.61. The lowest BCUT2D eigenvalue weighted by molar-refractivity contribution is 0.0722. The maximum Gasteiger partial charge on any atom is 0.255 e. The van der Waals surface area contributed by atoms with Gasteiger partial charge in [0.05, 0.1) is 12.2 Å². The highest BCUT2D eigenvalue weighted by atomic mass is 16.5. The molecule has 0 aromatic carbocycles. The lowest BCUT2D eigenvalue weighted by Crippen LogP contribution is -2.38. The first-order valence-corrected chi connectivity index (χ1v) is 10.9. The molecule has 0 radical (unpaired) electrons. The third kappa shape index (κ3) is 3.01. The number of amides is 1. The number of methoxy groups -OCH3 is 1. The number of likely N-dealkylation sites (tertiary alicyclic amines) is 1. The summed E-state index contributed by atoms with van der Waals surface area (Å²) >= 11 is 0. The Kier molecular flexibility index (Phi) is 4.53. The Morgan fingerprint density at radius 2 is 2.10 bits per heavy atom. The van der Waals surface area contributed by atoms with Crippen LogP contribution in [-0.2, 0) is 11.3 Å². The van der Waals surface area contributed by atoms with E-state index in [9.17, 15) is 4.79 Å². The van der Waals surface area contributed by atoms with Gasteiger partial charge in [0.1, 0.15) is 12.2 Å². The van der Waals surface area contributed by atoms with Crippen LogP contribution >= 0.6 is 0 Å². The van der Waals surface area contributed by atoms with Gasteiger partial charge in [-0.2, -0.15) is 0 Å². The van der Waals surface area contributed by atoms with Crippen molar-refractivity contribution in [3.63, 3.8) is 0 Å². The van der Waals surface area contributed by atoms with Gasteiger partial charge in [0.25, 0.3) is 5.91 Å². The minimum absolute atomic E-state index is 0.160. The number of hydrogen-bond donors (Lipinski definition) is 0. The minimum atomic E-state index is 0.160. The number of rotatable bonds is 6. The first-order valence-electron chi connectivity index (χ1n) is 10.9. The van der Waals surface area contributed by atoms with Crippen molar-refractivity contribution in [2.45, 2.75) is 64.5 Å². The van der Waals surface area contributed by atoms with E-state index in [0.717, 1.165) is 42.4 Å². The summed E-state index contributed by atoms with van der Waals surface area (Å²) < 4.78 is 9.71. The zero-order chi connectivity index (χ0) is 20.2. The van der Waals surface area contributed by atoms with Crippen molar-refractivity contribution in [2.24, 2.45) is 5.41 Å². The average Bonchev–Trinajstić information content (AvgIpc) is 3.15. The Balaban J connectivity index is 1.41. The highest BCUT2D eigenvalue weighted by Crippen LogP contribution is 2.56. The minimum Gasteiger partial charge on any atom is -0.383 e. The van der Waals surface area contributed by atoms with E-state index < -0.39 is 0 Å². The van der Waals surface area contributed by atoms with Gasteiger partial charge in [0.15, 0.2) is 0 Å². The summed E-state index contributed by atoms with van der Waals surface area (Å²) in [4.78, 5) is 15.6. The van der Waals surface area contributed by atoms with Crippen LogP contribution in [0.15, 0.2) is 12.4 Å². The standard InChI is InChI=1S/C22H31N5O2/c1-15-11-18(16(2)26(15)9-10-29-3)21(28)25-12-19(22(13-25)7-4-8-22)20-24-23-14-27(20)17-5-6-17/h11,14,17,19H,4-10,12-13H2,1-3H3. The highest BCUT2D eigenvalue weighted by molar-refractivity contribution is 5.96. The van der Waals surface area contributed by atoms with E-state index in [0.29, 0.717) is 18.6 Å². The highest BCUT2D eigenvalue weighted by Gasteiger charge is 2.54. The summed E-state index contributed by atoms with van der Waals surface area (Å²) in [5.41, 5.74) is 3.18. The van der Waals surface area contributed by atoms with Crippen LogP contribution < -0.4 is 0 Å². The van der Waals surface area contributed by atoms with E-state index in [-0.39, 0.29) is 11.3 Å². The number of nitrogens with zero attached hydrogens (tertiary/aromatic N) is 5. The smallest absolute Gasteiger partial charge is 0.255 e. The SMILES string of the molecule is COCCn1c(C)cc(C(=O)N2CC(c3nncn3C3CC3)C3(CCC3)C2)c1C. The van der Waals surface area contributed by atoms with Crippen molar-refractivity contribution in [1.82, 2.24) is 24.2 Å². The average molecular weight is 398 g/mol. The van der Waals surface area contributed by atoms with Crippen LogP contribution in [0.4, 0.5) is 0 Å². The molecule has 3 heterocycles. The molecule has 1 atom stereocenters. The lowest BCUT2D eigenvalue weighted by atomic mass is 9.62. The molecule has 2 aromatic rings. The summed E-state index contributed by atoms with van der Waals surface area (Å²) in [7, 11) is 1.71. The number of carbonyl (C=O) groups is 1. The first kappa shape index (κ1) is 18.9. The number of hydrogen-bond acceptors (Lipinski definition) is 4. The van der Waals surface area contributed by atoms with Crippen LogP contribution in [0.1, 0.15) is 71.6 Å². The Hall–Kier alpha value is -2.15. The molecule has 29 heavy (non-hydrogen) atoms. The van der Waals surface area contributed by atoms with Gasteiger partial charge in [-0.15, -0.1) is 10.2 Å². The van der Waals surface area contributed by atoms with Gasteiger partial charge in [-0.1, -0.05) is 6.42 Å². The maximum absolute atomic E-state index is 13.5. The van der Waals surface area contributed by atoms with Crippen molar-refractivity contribution in [2.75, 3.05) is 26.8 Å². The van der Waals surface area contributed by atoms with Crippen molar-refractivity contribution in [3.8, 4) is 0 Å². The normalized spacial score (nSPS) is 23.0. The van der Waals surface area contributed by atoms with E-state index in [1.165, 1.54) is 32.1 Å². The molecule has 7 nitrogen and oxygen atoms in total. The molecular weight excluding hydrogens is 366 g/mol. The fourth-order valence-electron chi connectivity index (χ4n) is 5.47. The van der Waals surface area contributed by atoms with Gasteiger partial charge < -0.3 is 18.8 Å². The predicted molar refractivity (Wildman–Crippen MR) is 109 cm³/mol. The number of aryl methyl sites for hydroxylation is 1. The monoisotopic (exact) mass is 397 g/mol. The summed E-state index contributed by atoms with van der Waals surface area (Å²) in [6.45, 7) is 7.14. The maximum atomic E-state index is 13.5. The topological polar surface area (TPSA) is 65.2 Å². The molecule has 1 aliphatic heterocycles. The molecule has 1 saturated heterocycles. The number of aromatic nitrogens is 4. The molecular formula is C22H31N5O2. The molecule has 0 N–H and O–H groups in total. The van der Waals surface area contributed by atoms with Crippen LogP contribution in [0.5, 0.6) is 0 Å². The van der Waals surface area contributed by atoms with Crippen molar-refractivity contribution in [1.29, 1.82) is 0 Å². The van der Waals surface area contributed by atoms with Crippen LogP contribution in [0.2, 0.25) is 0 Å². The summed E-state index contributed by atoms with van der Waals surface area (Å²) in [6.07, 6.45) is 7.97. The zero-order valence-electron chi connectivity index (χ0n) is 17.7. The molecule has 1 spiro atoms. The van der Waals surface area contributed by atoms with Crippen LogP contribution in [-0.4, -0.2) is 56.9 Å². The second-order valence-corrected chi connectivity index (χ2v) is 9.21. The molecule has 7 heteroatoms. The quantitative estimate of drug-likeness (QED) is 0.751. The summed E-state index contributed by atoms with van der Waals surface area (Å²) in [5.74, 6) is 1.57. The predicted octanol–water partition coefficient (Wildman–Crippen LogP) is 3.09. The molecule has 156 valence electrons. The fourth-order valence-corrected chi connectivity index (χ4v) is 5.47. The van der Waals surface area contributed by atoms with Gasteiger partial charge >= 0.3 is 0 Å². The van der Waals surface area contributed by atoms with E-state index in [1.54, 1.807) is 7.11 Å². The molecule has 3 fully saturated rings. The third-order valence-corrected chi connectivity index (χ3v) is 7.46. The van der Waals surface area contributed by atoms with Gasteiger partial charge in [-0.25, -0.2) is 0 Å². The van der Waals surface area contributed by atoms with Crippen molar-refractivity contribution < 1.29 is 9.53 Å². The third-order valence-electron chi connectivity index (χ3n) is 7.46. The Morgan fingerprint density at radius 3 is 2.76 bits per heavy atom. The number of ether oxygens (including phenoxy) is 1. The van der Waals surface area contributed by atoms with E-state index in [2.05, 4.69) is 31.2 Å². The van der Waals surface area contributed by atoms with E-state index >= 15 is 0 Å². The number of carbonyl (C=O) groups excluding carboxylic acids is 1. The van der Waals surface area contributed by atoms with Gasteiger partial charge in [-0.3, -0.25) is 4.79 Å². The Bertz CT molecular complexity index is 922. The zero-order valence-corrected chi connectivity index (χ0v) is 17.7. The Labute approximate surface area is 172 Å².